The Kier molecular flexibility index (Phi) is 6.65. The molecule has 3 rings (SSSR count). The predicted molar refractivity (Wildman–Crippen MR) is 121 cm³/mol. The molecular formula is C25H31NSi. The van der Waals surface area contributed by atoms with Gasteiger partial charge in [-0.3, -0.25) is 0 Å². The number of rotatable bonds is 8. The van der Waals surface area contributed by atoms with Crippen LogP contribution in [0.25, 0.3) is 0 Å². The first-order valence-electron chi connectivity index (χ1n) is 10.1. The van der Waals surface area contributed by atoms with Crippen LogP contribution < -0.4 is 15.6 Å². The fourth-order valence-electron chi connectivity index (χ4n) is 4.19. The SMILES string of the molecule is CCN(CC[Si](c1ccccc1)(c1ccccc1)c1ccccc1)C(C)C. The average molecular weight is 374 g/mol. The molecule has 0 N–H and O–H groups in total. The Morgan fingerprint density at radius 2 is 1.04 bits per heavy atom. The van der Waals surface area contributed by atoms with Crippen molar-refractivity contribution in [3.8, 4) is 0 Å². The van der Waals surface area contributed by atoms with Gasteiger partial charge < -0.3 is 4.90 Å². The summed E-state index contributed by atoms with van der Waals surface area (Å²) in [6.45, 7) is 9.11. The maximum Gasteiger partial charge on any atom is 0.149 e. The van der Waals surface area contributed by atoms with Crippen LogP contribution in [0.4, 0.5) is 0 Å². The second kappa shape index (κ2) is 9.16. The molecule has 0 fully saturated rings. The van der Waals surface area contributed by atoms with Gasteiger partial charge in [-0.2, -0.15) is 0 Å². The van der Waals surface area contributed by atoms with Gasteiger partial charge in [-0.25, -0.2) is 0 Å². The Hall–Kier alpha value is -2.16. The molecule has 3 aromatic rings. The van der Waals surface area contributed by atoms with Crippen LogP contribution >= 0.6 is 0 Å². The maximum absolute atomic E-state index is 2.59. The quantitative estimate of drug-likeness (QED) is 0.428. The zero-order valence-corrected chi connectivity index (χ0v) is 17.8. The highest BCUT2D eigenvalue weighted by Gasteiger charge is 2.39. The predicted octanol–water partition coefficient (Wildman–Crippen LogP) is 3.89. The van der Waals surface area contributed by atoms with Gasteiger partial charge in [0.25, 0.3) is 0 Å². The maximum atomic E-state index is 2.59. The average Bonchev–Trinajstić information content (AvgIpc) is 2.73. The molecule has 0 amide bonds. The van der Waals surface area contributed by atoms with Gasteiger partial charge in [-0.15, -0.1) is 0 Å². The van der Waals surface area contributed by atoms with E-state index in [1.54, 1.807) is 0 Å². The van der Waals surface area contributed by atoms with Crippen molar-refractivity contribution in [3.63, 3.8) is 0 Å². The highest BCUT2D eigenvalue weighted by Crippen LogP contribution is 2.15. The van der Waals surface area contributed by atoms with Crippen molar-refractivity contribution in [2.75, 3.05) is 13.1 Å². The van der Waals surface area contributed by atoms with Crippen LogP contribution in [0.3, 0.4) is 0 Å². The molecule has 0 aliphatic rings. The molecule has 0 heterocycles. The van der Waals surface area contributed by atoms with E-state index in [1.807, 2.05) is 0 Å². The molecule has 3 aromatic carbocycles. The molecule has 0 saturated heterocycles. The molecule has 0 aromatic heterocycles. The Morgan fingerprint density at radius 3 is 1.33 bits per heavy atom. The van der Waals surface area contributed by atoms with E-state index in [9.17, 15) is 0 Å². The third-order valence-corrected chi connectivity index (χ3v) is 10.6. The van der Waals surface area contributed by atoms with Gasteiger partial charge >= 0.3 is 0 Å². The van der Waals surface area contributed by atoms with Crippen molar-refractivity contribution in [2.24, 2.45) is 0 Å². The van der Waals surface area contributed by atoms with Crippen LogP contribution in [0.15, 0.2) is 91.0 Å². The van der Waals surface area contributed by atoms with Crippen LogP contribution in [0.5, 0.6) is 0 Å². The summed E-state index contributed by atoms with van der Waals surface area (Å²) >= 11 is 0. The molecule has 2 heteroatoms. The van der Waals surface area contributed by atoms with Gasteiger partial charge in [0.15, 0.2) is 0 Å². The minimum Gasteiger partial charge on any atom is -0.301 e. The van der Waals surface area contributed by atoms with Crippen molar-refractivity contribution in [1.29, 1.82) is 0 Å². The van der Waals surface area contributed by atoms with E-state index in [-0.39, 0.29) is 0 Å². The Balaban J connectivity index is 2.17. The van der Waals surface area contributed by atoms with E-state index in [1.165, 1.54) is 21.6 Å². The molecule has 0 unspecified atom stereocenters. The lowest BCUT2D eigenvalue weighted by Gasteiger charge is -2.36. The van der Waals surface area contributed by atoms with Crippen molar-refractivity contribution < 1.29 is 0 Å². The molecule has 0 aliphatic carbocycles. The smallest absolute Gasteiger partial charge is 0.149 e. The zero-order chi connectivity index (χ0) is 19.1. The lowest BCUT2D eigenvalue weighted by molar-refractivity contribution is 0.246. The monoisotopic (exact) mass is 373 g/mol. The molecule has 0 atom stereocenters. The first-order valence-corrected chi connectivity index (χ1v) is 12.3. The lowest BCUT2D eigenvalue weighted by Crippen LogP contribution is -2.68. The molecule has 1 nitrogen and oxygen atoms in total. The Bertz CT molecular complexity index is 703. The van der Waals surface area contributed by atoms with E-state index in [0.717, 1.165) is 13.1 Å². The summed E-state index contributed by atoms with van der Waals surface area (Å²) < 4.78 is 0. The number of nitrogens with zero attached hydrogens (tertiary/aromatic N) is 1. The van der Waals surface area contributed by atoms with Crippen LogP contribution in [-0.2, 0) is 0 Å². The molecule has 0 radical (unpaired) electrons. The second-order valence-corrected chi connectivity index (χ2v) is 11.5. The summed E-state index contributed by atoms with van der Waals surface area (Å²) in [4.78, 5) is 2.59. The summed E-state index contributed by atoms with van der Waals surface area (Å²) in [5.41, 5.74) is 0. The van der Waals surface area contributed by atoms with E-state index >= 15 is 0 Å². The van der Waals surface area contributed by atoms with Gasteiger partial charge in [0.2, 0.25) is 0 Å². The lowest BCUT2D eigenvalue weighted by atomic mass is 10.3. The van der Waals surface area contributed by atoms with Crippen LogP contribution in [0.2, 0.25) is 6.04 Å². The van der Waals surface area contributed by atoms with E-state index < -0.39 is 8.07 Å². The number of hydrogen-bond acceptors (Lipinski definition) is 1. The molecule has 0 saturated carbocycles. The molecule has 27 heavy (non-hydrogen) atoms. The number of benzene rings is 3. The fourth-order valence-corrected chi connectivity index (χ4v) is 8.97. The van der Waals surface area contributed by atoms with Crippen molar-refractivity contribution >= 4 is 23.6 Å². The van der Waals surface area contributed by atoms with Gasteiger partial charge in [0, 0.05) is 6.04 Å². The fraction of sp³-hybridized carbons (Fsp3) is 0.280. The van der Waals surface area contributed by atoms with E-state index in [2.05, 4.69) is 117 Å². The Labute approximate surface area is 165 Å². The molecule has 0 aliphatic heterocycles. The van der Waals surface area contributed by atoms with Crippen molar-refractivity contribution in [1.82, 2.24) is 4.90 Å². The normalized spacial score (nSPS) is 11.9. The summed E-state index contributed by atoms with van der Waals surface area (Å²) in [5.74, 6) is 0. The second-order valence-electron chi connectivity index (χ2n) is 7.48. The minimum absolute atomic E-state index is 0.573. The van der Waals surface area contributed by atoms with Crippen molar-refractivity contribution in [3.05, 3.63) is 91.0 Å². The zero-order valence-electron chi connectivity index (χ0n) is 16.8. The summed E-state index contributed by atoms with van der Waals surface area (Å²) in [5, 5.41) is 4.51. The standard InChI is InChI=1S/C25H31NSi/c1-4-26(22(2)3)20-21-27(23-14-8-5-9-15-23,24-16-10-6-11-17-24)25-18-12-7-13-19-25/h5-19,22H,4,20-21H2,1-3H3. The first kappa shape index (κ1) is 19.6. The summed E-state index contributed by atoms with van der Waals surface area (Å²) in [6, 6.07) is 35.4. The van der Waals surface area contributed by atoms with Crippen molar-refractivity contribution in [2.45, 2.75) is 32.9 Å². The van der Waals surface area contributed by atoms with Crippen LogP contribution in [-0.4, -0.2) is 32.1 Å². The molecule has 140 valence electrons. The first-order chi connectivity index (χ1) is 13.2. The highest BCUT2D eigenvalue weighted by atomic mass is 28.3. The largest absolute Gasteiger partial charge is 0.301 e. The summed E-state index contributed by atoms with van der Waals surface area (Å²) in [7, 11) is -2.09. The third kappa shape index (κ3) is 4.23. The van der Waals surface area contributed by atoms with Gasteiger partial charge in [-0.1, -0.05) is 97.9 Å². The van der Waals surface area contributed by atoms with Gasteiger partial charge in [0.05, 0.1) is 0 Å². The Morgan fingerprint density at radius 1 is 0.667 bits per heavy atom. The van der Waals surface area contributed by atoms with E-state index in [4.69, 9.17) is 0 Å². The molecule has 0 bridgehead atoms. The summed E-state index contributed by atoms with van der Waals surface area (Å²) in [6.07, 6.45) is 0. The minimum atomic E-state index is -2.09. The molecule has 0 spiro atoms. The molecular weight excluding hydrogens is 342 g/mol. The van der Waals surface area contributed by atoms with E-state index in [0.29, 0.717) is 6.04 Å². The number of hydrogen-bond donors (Lipinski definition) is 0. The van der Waals surface area contributed by atoms with Crippen LogP contribution in [0.1, 0.15) is 20.8 Å². The van der Waals surface area contributed by atoms with Gasteiger partial charge in [-0.05, 0) is 48.5 Å². The van der Waals surface area contributed by atoms with Gasteiger partial charge in [0.1, 0.15) is 8.07 Å². The van der Waals surface area contributed by atoms with Crippen LogP contribution in [0, 0.1) is 0 Å². The third-order valence-electron chi connectivity index (χ3n) is 5.71. The highest BCUT2D eigenvalue weighted by molar-refractivity contribution is 7.11. The topological polar surface area (TPSA) is 3.24 Å².